The number of fused-ring (bicyclic) bond motifs is 1. The summed E-state index contributed by atoms with van der Waals surface area (Å²) in [5, 5.41) is 0. The van der Waals surface area contributed by atoms with Crippen molar-refractivity contribution in [2.24, 2.45) is 11.1 Å². The van der Waals surface area contributed by atoms with Gasteiger partial charge >= 0.3 is 0 Å². The summed E-state index contributed by atoms with van der Waals surface area (Å²) in [7, 11) is 0. The first kappa shape index (κ1) is 11.5. The molecule has 88 valence electrons. The van der Waals surface area contributed by atoms with E-state index >= 15 is 0 Å². The lowest BCUT2D eigenvalue weighted by atomic mass is 9.89. The van der Waals surface area contributed by atoms with Crippen molar-refractivity contribution in [3.05, 3.63) is 29.8 Å². The number of hydrogen-bond acceptors (Lipinski definition) is 2. The fourth-order valence-corrected chi connectivity index (χ4v) is 2.18. The SMILES string of the molecule is CC(C)(CN)CCN1CCc2ccccc21. The van der Waals surface area contributed by atoms with Crippen LogP contribution >= 0.6 is 0 Å². The molecular formula is C14H22N2. The Labute approximate surface area is 98.4 Å². The first-order chi connectivity index (χ1) is 7.62. The Morgan fingerprint density at radius 2 is 2.06 bits per heavy atom. The van der Waals surface area contributed by atoms with Crippen molar-refractivity contribution in [1.82, 2.24) is 0 Å². The second-order valence-electron chi connectivity index (χ2n) is 5.48. The molecule has 1 heterocycles. The highest BCUT2D eigenvalue weighted by atomic mass is 15.1. The molecular weight excluding hydrogens is 196 g/mol. The third-order valence-electron chi connectivity index (χ3n) is 3.59. The Kier molecular flexibility index (Phi) is 3.20. The fourth-order valence-electron chi connectivity index (χ4n) is 2.18. The van der Waals surface area contributed by atoms with Gasteiger partial charge in [0, 0.05) is 18.8 Å². The molecule has 0 spiro atoms. The Balaban J connectivity index is 1.99. The van der Waals surface area contributed by atoms with Crippen LogP contribution in [0.5, 0.6) is 0 Å². The van der Waals surface area contributed by atoms with Crippen LogP contribution in [-0.2, 0) is 6.42 Å². The topological polar surface area (TPSA) is 29.3 Å². The molecule has 0 aliphatic carbocycles. The van der Waals surface area contributed by atoms with Crippen molar-refractivity contribution in [2.45, 2.75) is 26.7 Å². The molecule has 1 aliphatic heterocycles. The Morgan fingerprint density at radius 1 is 1.31 bits per heavy atom. The second-order valence-corrected chi connectivity index (χ2v) is 5.48. The molecule has 1 aliphatic rings. The highest BCUT2D eigenvalue weighted by Gasteiger charge is 2.21. The van der Waals surface area contributed by atoms with Crippen LogP contribution in [0.15, 0.2) is 24.3 Å². The van der Waals surface area contributed by atoms with Crippen LogP contribution in [0.1, 0.15) is 25.8 Å². The lowest BCUT2D eigenvalue weighted by Crippen LogP contribution is -2.30. The third kappa shape index (κ3) is 2.38. The minimum atomic E-state index is 0.261. The van der Waals surface area contributed by atoms with Crippen molar-refractivity contribution < 1.29 is 0 Å². The average molecular weight is 218 g/mol. The number of anilines is 1. The molecule has 0 atom stereocenters. The van der Waals surface area contributed by atoms with Gasteiger partial charge < -0.3 is 10.6 Å². The third-order valence-corrected chi connectivity index (χ3v) is 3.59. The quantitative estimate of drug-likeness (QED) is 0.841. The highest BCUT2D eigenvalue weighted by Crippen LogP contribution is 2.29. The van der Waals surface area contributed by atoms with Crippen LogP contribution in [-0.4, -0.2) is 19.6 Å². The number of rotatable bonds is 4. The van der Waals surface area contributed by atoms with E-state index in [1.165, 1.54) is 24.2 Å². The van der Waals surface area contributed by atoms with Gasteiger partial charge in [-0.1, -0.05) is 32.0 Å². The molecule has 0 saturated carbocycles. The Morgan fingerprint density at radius 3 is 2.81 bits per heavy atom. The lowest BCUT2D eigenvalue weighted by Gasteiger charge is -2.27. The smallest absolute Gasteiger partial charge is 0.0399 e. The summed E-state index contributed by atoms with van der Waals surface area (Å²) < 4.78 is 0. The maximum Gasteiger partial charge on any atom is 0.0399 e. The lowest BCUT2D eigenvalue weighted by molar-refractivity contribution is 0.350. The minimum Gasteiger partial charge on any atom is -0.371 e. The van der Waals surface area contributed by atoms with Gasteiger partial charge in [-0.3, -0.25) is 0 Å². The van der Waals surface area contributed by atoms with Gasteiger partial charge in [-0.05, 0) is 36.4 Å². The molecule has 0 saturated heterocycles. The normalized spacial score (nSPS) is 15.3. The molecule has 16 heavy (non-hydrogen) atoms. The van der Waals surface area contributed by atoms with Gasteiger partial charge in [-0.25, -0.2) is 0 Å². The van der Waals surface area contributed by atoms with Gasteiger partial charge in [0.15, 0.2) is 0 Å². The zero-order chi connectivity index (χ0) is 11.6. The second kappa shape index (κ2) is 4.46. The van der Waals surface area contributed by atoms with E-state index in [4.69, 9.17) is 5.73 Å². The minimum absolute atomic E-state index is 0.261. The van der Waals surface area contributed by atoms with Crippen molar-refractivity contribution in [1.29, 1.82) is 0 Å². The van der Waals surface area contributed by atoms with E-state index in [1.54, 1.807) is 0 Å². The molecule has 0 radical (unpaired) electrons. The molecule has 2 nitrogen and oxygen atoms in total. The average Bonchev–Trinajstić information content (AvgIpc) is 2.70. The molecule has 2 N–H and O–H groups in total. The number of nitrogens with zero attached hydrogens (tertiary/aromatic N) is 1. The predicted molar refractivity (Wildman–Crippen MR) is 69.8 cm³/mol. The molecule has 2 heteroatoms. The fraction of sp³-hybridized carbons (Fsp3) is 0.571. The molecule has 0 fully saturated rings. The van der Waals surface area contributed by atoms with Crippen LogP contribution < -0.4 is 10.6 Å². The molecule has 1 aromatic carbocycles. The van der Waals surface area contributed by atoms with Gasteiger partial charge in [-0.2, -0.15) is 0 Å². The first-order valence-corrected chi connectivity index (χ1v) is 6.15. The van der Waals surface area contributed by atoms with E-state index in [0.717, 1.165) is 19.5 Å². The number of hydrogen-bond donors (Lipinski definition) is 1. The molecule has 0 bridgehead atoms. The molecule has 2 rings (SSSR count). The van der Waals surface area contributed by atoms with Crippen molar-refractivity contribution in [3.8, 4) is 0 Å². The number of nitrogens with two attached hydrogens (primary N) is 1. The van der Waals surface area contributed by atoms with Crippen LogP contribution in [0, 0.1) is 5.41 Å². The van der Waals surface area contributed by atoms with Gasteiger partial charge in [0.1, 0.15) is 0 Å². The summed E-state index contributed by atoms with van der Waals surface area (Å²) in [5.41, 5.74) is 8.95. The largest absolute Gasteiger partial charge is 0.371 e. The summed E-state index contributed by atoms with van der Waals surface area (Å²) in [6.45, 7) is 7.55. The van der Waals surface area contributed by atoms with Gasteiger partial charge in [0.25, 0.3) is 0 Å². The van der Waals surface area contributed by atoms with E-state index < -0.39 is 0 Å². The van der Waals surface area contributed by atoms with Crippen molar-refractivity contribution in [2.75, 3.05) is 24.5 Å². The molecule has 1 aromatic rings. The van der Waals surface area contributed by atoms with Crippen molar-refractivity contribution >= 4 is 5.69 Å². The predicted octanol–water partition coefficient (Wildman–Crippen LogP) is 2.42. The van der Waals surface area contributed by atoms with Crippen LogP contribution in [0.4, 0.5) is 5.69 Å². The van der Waals surface area contributed by atoms with Crippen LogP contribution in [0.2, 0.25) is 0 Å². The van der Waals surface area contributed by atoms with E-state index in [1.807, 2.05) is 0 Å². The van der Waals surface area contributed by atoms with E-state index in [9.17, 15) is 0 Å². The molecule has 0 unspecified atom stereocenters. The molecule has 0 amide bonds. The number of benzene rings is 1. The summed E-state index contributed by atoms with van der Waals surface area (Å²) in [6, 6.07) is 8.73. The maximum atomic E-state index is 5.77. The Bertz CT molecular complexity index is 358. The maximum absolute atomic E-state index is 5.77. The van der Waals surface area contributed by atoms with E-state index in [0.29, 0.717) is 0 Å². The van der Waals surface area contributed by atoms with E-state index in [2.05, 4.69) is 43.0 Å². The summed E-state index contributed by atoms with van der Waals surface area (Å²) in [6.07, 6.45) is 2.36. The van der Waals surface area contributed by atoms with Crippen LogP contribution in [0.25, 0.3) is 0 Å². The highest BCUT2D eigenvalue weighted by molar-refractivity contribution is 5.57. The summed E-state index contributed by atoms with van der Waals surface area (Å²) in [5.74, 6) is 0. The standard InChI is InChI=1S/C14H22N2/c1-14(2,11-15)8-10-16-9-7-12-5-3-4-6-13(12)16/h3-6H,7-11,15H2,1-2H3. The van der Waals surface area contributed by atoms with Gasteiger partial charge in [0.05, 0.1) is 0 Å². The summed E-state index contributed by atoms with van der Waals surface area (Å²) >= 11 is 0. The summed E-state index contributed by atoms with van der Waals surface area (Å²) in [4.78, 5) is 2.49. The zero-order valence-corrected chi connectivity index (χ0v) is 10.4. The van der Waals surface area contributed by atoms with Gasteiger partial charge in [0.2, 0.25) is 0 Å². The zero-order valence-electron chi connectivity index (χ0n) is 10.4. The number of para-hydroxylation sites is 1. The van der Waals surface area contributed by atoms with E-state index in [-0.39, 0.29) is 5.41 Å². The van der Waals surface area contributed by atoms with Gasteiger partial charge in [-0.15, -0.1) is 0 Å². The molecule has 0 aromatic heterocycles. The van der Waals surface area contributed by atoms with Crippen molar-refractivity contribution in [3.63, 3.8) is 0 Å². The Hall–Kier alpha value is -1.02. The van der Waals surface area contributed by atoms with Crippen LogP contribution in [0.3, 0.4) is 0 Å². The first-order valence-electron chi connectivity index (χ1n) is 6.15. The monoisotopic (exact) mass is 218 g/mol.